The molecular weight excluding hydrogens is 514 g/mol. The van der Waals surface area contributed by atoms with Crippen LogP contribution in [0.2, 0.25) is 5.02 Å². The lowest BCUT2D eigenvalue weighted by molar-refractivity contribution is -0.136. The maximum absolute atomic E-state index is 13.4. The first-order chi connectivity index (χ1) is 17.7. The molecule has 37 heavy (non-hydrogen) atoms. The number of nitrogens with one attached hydrogen (secondary N) is 1. The fourth-order valence-corrected chi connectivity index (χ4v) is 5.90. The molecule has 1 aliphatic carbocycles. The molecule has 1 aromatic heterocycles. The highest BCUT2D eigenvalue weighted by Gasteiger charge is 2.30. The summed E-state index contributed by atoms with van der Waals surface area (Å²) in [6.07, 6.45) is 3.28. The summed E-state index contributed by atoms with van der Waals surface area (Å²) in [6.45, 7) is 1.85. The first kappa shape index (κ1) is 25.2. The summed E-state index contributed by atoms with van der Waals surface area (Å²) < 4.78 is 39.8. The zero-order chi connectivity index (χ0) is 26.2. The van der Waals surface area contributed by atoms with Gasteiger partial charge in [-0.25, -0.2) is 18.0 Å². The molecule has 0 fully saturated rings. The highest BCUT2D eigenvalue weighted by molar-refractivity contribution is 7.89. The molecule has 1 heterocycles. The Bertz CT molecular complexity index is 1650. The van der Waals surface area contributed by atoms with E-state index in [1.807, 2.05) is 6.92 Å². The number of hydrogen-bond acceptors (Lipinski definition) is 6. The fraction of sp³-hybridized carbons (Fsp3) is 0.214. The van der Waals surface area contributed by atoms with Crippen molar-refractivity contribution in [2.45, 2.75) is 43.5 Å². The van der Waals surface area contributed by atoms with Crippen molar-refractivity contribution in [3.8, 4) is 5.75 Å². The van der Waals surface area contributed by atoms with Gasteiger partial charge >= 0.3 is 11.6 Å². The number of hydrogen-bond donors (Lipinski definition) is 1. The van der Waals surface area contributed by atoms with Gasteiger partial charge in [-0.05, 0) is 61.9 Å². The van der Waals surface area contributed by atoms with Crippen LogP contribution in [0.3, 0.4) is 0 Å². The van der Waals surface area contributed by atoms with Gasteiger partial charge in [0.25, 0.3) is 0 Å². The van der Waals surface area contributed by atoms with Crippen molar-refractivity contribution in [1.29, 1.82) is 0 Å². The molecule has 9 heteroatoms. The van der Waals surface area contributed by atoms with Crippen LogP contribution in [-0.2, 0) is 27.7 Å². The highest BCUT2D eigenvalue weighted by atomic mass is 35.5. The molecule has 0 saturated heterocycles. The van der Waals surface area contributed by atoms with Crippen molar-refractivity contribution in [3.05, 3.63) is 104 Å². The highest BCUT2D eigenvalue weighted by Crippen LogP contribution is 2.35. The number of halogens is 1. The molecule has 0 radical (unpaired) electrons. The van der Waals surface area contributed by atoms with E-state index in [4.69, 9.17) is 20.8 Å². The summed E-state index contributed by atoms with van der Waals surface area (Å²) in [4.78, 5) is 25.9. The largest absolute Gasteiger partial charge is 0.423 e. The lowest BCUT2D eigenvalue weighted by atomic mass is 9.90. The van der Waals surface area contributed by atoms with Gasteiger partial charge in [-0.3, -0.25) is 0 Å². The standard InChI is InChI=1S/C28H24ClNO6S/c1-17-11-13-19(14-12-17)37(33,34)30-26(18-7-3-2-4-8-18)28(32)36-25-16-24-22(15-23(25)29)20-9-5-6-10-21(20)27(31)35-24/h2-4,7-8,11-16,26,30H,5-6,9-10H2,1H3. The molecule has 0 amide bonds. The van der Waals surface area contributed by atoms with Crippen LogP contribution in [0, 0.1) is 6.92 Å². The Morgan fingerprint density at radius 3 is 2.38 bits per heavy atom. The SMILES string of the molecule is Cc1ccc(S(=O)(=O)NC(C(=O)Oc2cc3oc(=O)c4c(c3cc2Cl)CCCC4)c2ccccc2)cc1. The number of carbonyl (C=O) groups is 1. The summed E-state index contributed by atoms with van der Waals surface area (Å²) >= 11 is 6.49. The van der Waals surface area contributed by atoms with Crippen LogP contribution in [-0.4, -0.2) is 14.4 Å². The summed E-state index contributed by atoms with van der Waals surface area (Å²) in [5.41, 5.74) is 2.71. The smallest absolute Gasteiger partial charge is 0.339 e. The Morgan fingerprint density at radius 1 is 1.00 bits per heavy atom. The number of fused-ring (bicyclic) bond motifs is 3. The van der Waals surface area contributed by atoms with Crippen LogP contribution >= 0.6 is 11.6 Å². The molecular formula is C28H24ClNO6S. The number of benzene rings is 3. The molecule has 5 rings (SSSR count). The van der Waals surface area contributed by atoms with Crippen molar-refractivity contribution in [3.63, 3.8) is 0 Å². The van der Waals surface area contributed by atoms with Gasteiger partial charge in [-0.2, -0.15) is 4.72 Å². The van der Waals surface area contributed by atoms with E-state index < -0.39 is 27.7 Å². The van der Waals surface area contributed by atoms with E-state index in [-0.39, 0.29) is 21.3 Å². The normalized spacial score (nSPS) is 14.2. The number of sulfonamides is 1. The van der Waals surface area contributed by atoms with Crippen LogP contribution in [0.1, 0.15) is 41.1 Å². The summed E-state index contributed by atoms with van der Waals surface area (Å²) in [5, 5.41) is 0.856. The molecule has 0 aliphatic heterocycles. The van der Waals surface area contributed by atoms with Gasteiger partial charge in [0.05, 0.1) is 9.92 Å². The first-order valence-electron chi connectivity index (χ1n) is 11.9. The van der Waals surface area contributed by atoms with E-state index in [2.05, 4.69) is 4.72 Å². The lowest BCUT2D eigenvalue weighted by Crippen LogP contribution is -2.36. The quantitative estimate of drug-likeness (QED) is 0.204. The van der Waals surface area contributed by atoms with Crippen molar-refractivity contribution < 1.29 is 22.4 Å². The summed E-state index contributed by atoms with van der Waals surface area (Å²) in [5.74, 6) is -0.919. The average Bonchev–Trinajstić information content (AvgIpc) is 2.89. The zero-order valence-electron chi connectivity index (χ0n) is 20.0. The van der Waals surface area contributed by atoms with Crippen molar-refractivity contribution in [1.82, 2.24) is 4.72 Å². The first-order valence-corrected chi connectivity index (χ1v) is 13.7. The molecule has 1 atom stereocenters. The maximum Gasteiger partial charge on any atom is 0.339 e. The zero-order valence-corrected chi connectivity index (χ0v) is 21.6. The second-order valence-electron chi connectivity index (χ2n) is 9.03. The third-order valence-corrected chi connectivity index (χ3v) is 8.19. The second kappa shape index (κ2) is 10.1. The van der Waals surface area contributed by atoms with Gasteiger partial charge < -0.3 is 9.15 Å². The molecule has 4 aromatic rings. The minimum Gasteiger partial charge on any atom is -0.423 e. The molecule has 1 unspecified atom stereocenters. The Balaban J connectivity index is 1.50. The Labute approximate surface area is 219 Å². The van der Waals surface area contributed by atoms with Gasteiger partial charge in [0.15, 0.2) is 5.75 Å². The van der Waals surface area contributed by atoms with E-state index >= 15 is 0 Å². The fourth-order valence-electron chi connectivity index (χ4n) is 4.53. The minimum atomic E-state index is -4.07. The van der Waals surface area contributed by atoms with E-state index in [1.165, 1.54) is 18.2 Å². The summed E-state index contributed by atoms with van der Waals surface area (Å²) in [6, 6.07) is 16.3. The van der Waals surface area contributed by atoms with Crippen molar-refractivity contribution >= 4 is 38.6 Å². The number of carbonyl (C=O) groups excluding carboxylic acids is 1. The Kier molecular flexibility index (Phi) is 6.90. The van der Waals surface area contributed by atoms with Gasteiger partial charge in [-0.15, -0.1) is 0 Å². The van der Waals surface area contributed by atoms with Crippen LogP contribution < -0.4 is 15.1 Å². The van der Waals surface area contributed by atoms with Crippen LogP contribution in [0.15, 0.2) is 80.8 Å². The van der Waals surface area contributed by atoms with Crippen LogP contribution in [0.25, 0.3) is 11.0 Å². The number of rotatable bonds is 6. The predicted octanol–water partition coefficient (Wildman–Crippen LogP) is 5.26. The topological polar surface area (TPSA) is 103 Å². The molecule has 190 valence electrons. The Morgan fingerprint density at radius 2 is 1.68 bits per heavy atom. The average molecular weight is 538 g/mol. The van der Waals surface area contributed by atoms with Gasteiger partial charge in [-0.1, -0.05) is 59.6 Å². The van der Waals surface area contributed by atoms with Crippen molar-refractivity contribution in [2.75, 3.05) is 0 Å². The number of esters is 1. The molecule has 7 nitrogen and oxygen atoms in total. The molecule has 0 saturated carbocycles. The van der Waals surface area contributed by atoms with Crippen LogP contribution in [0.4, 0.5) is 0 Å². The van der Waals surface area contributed by atoms with Gasteiger partial charge in [0.2, 0.25) is 10.0 Å². The van der Waals surface area contributed by atoms with Gasteiger partial charge in [0, 0.05) is 17.0 Å². The second-order valence-corrected chi connectivity index (χ2v) is 11.2. The maximum atomic E-state index is 13.4. The predicted molar refractivity (Wildman–Crippen MR) is 140 cm³/mol. The molecule has 3 aromatic carbocycles. The monoisotopic (exact) mass is 537 g/mol. The Hall–Kier alpha value is -3.46. The van der Waals surface area contributed by atoms with E-state index in [0.29, 0.717) is 22.9 Å². The van der Waals surface area contributed by atoms with Crippen LogP contribution in [0.5, 0.6) is 5.75 Å². The van der Waals surface area contributed by atoms with E-state index in [9.17, 15) is 18.0 Å². The van der Waals surface area contributed by atoms with Crippen molar-refractivity contribution in [2.24, 2.45) is 0 Å². The van der Waals surface area contributed by atoms with Gasteiger partial charge in [0.1, 0.15) is 11.6 Å². The molecule has 0 spiro atoms. The summed E-state index contributed by atoms with van der Waals surface area (Å²) in [7, 11) is -4.07. The minimum absolute atomic E-state index is 0.0158. The van der Waals surface area contributed by atoms with E-state index in [1.54, 1.807) is 48.5 Å². The van der Waals surface area contributed by atoms with E-state index in [0.717, 1.165) is 30.4 Å². The molecule has 0 bridgehead atoms. The number of aryl methyl sites for hydroxylation is 2. The number of ether oxygens (including phenoxy) is 1. The third-order valence-electron chi connectivity index (χ3n) is 6.46. The molecule has 1 aliphatic rings. The lowest BCUT2D eigenvalue weighted by Gasteiger charge is -2.19. The molecule has 1 N–H and O–H groups in total. The third kappa shape index (κ3) is 5.18.